The number of carbonyl (C=O) groups excluding carboxylic acids is 1. The van der Waals surface area contributed by atoms with E-state index < -0.39 is 0 Å². The Morgan fingerprint density at radius 1 is 1.43 bits per heavy atom. The lowest BCUT2D eigenvalue weighted by molar-refractivity contribution is 0.0954. The summed E-state index contributed by atoms with van der Waals surface area (Å²) in [7, 11) is 0. The number of rotatable bonds is 4. The van der Waals surface area contributed by atoms with Crippen molar-refractivity contribution in [3.05, 3.63) is 53.5 Å². The fourth-order valence-corrected chi connectivity index (χ4v) is 2.22. The third kappa shape index (κ3) is 3.13. The van der Waals surface area contributed by atoms with Crippen LogP contribution in [0.4, 0.5) is 0 Å². The summed E-state index contributed by atoms with van der Waals surface area (Å²) in [5.41, 5.74) is 2.74. The van der Waals surface area contributed by atoms with E-state index in [2.05, 4.69) is 17.5 Å². The van der Waals surface area contributed by atoms with E-state index in [0.717, 1.165) is 5.76 Å². The van der Waals surface area contributed by atoms with E-state index in [4.69, 9.17) is 4.42 Å². The summed E-state index contributed by atoms with van der Waals surface area (Å²) < 4.78 is 5.64. The predicted molar refractivity (Wildman–Crippen MR) is 78.4 cm³/mol. The Labute approximate surface area is 122 Å². The molecule has 0 aliphatic heterocycles. The van der Waals surface area contributed by atoms with Crippen LogP contribution < -0.4 is 5.43 Å². The van der Waals surface area contributed by atoms with E-state index in [-0.39, 0.29) is 11.7 Å². The fraction of sp³-hybridized carbons (Fsp3) is 0.250. The third-order valence-electron chi connectivity index (χ3n) is 3.59. The lowest BCUT2D eigenvalue weighted by Gasteiger charge is -1.99. The topological polar surface area (TPSA) is 74.8 Å². The molecule has 0 unspecified atom stereocenters. The molecular formula is C16H16N2O3. The zero-order valence-electron chi connectivity index (χ0n) is 11.6. The second-order valence-electron chi connectivity index (χ2n) is 5.31. The molecule has 0 saturated heterocycles. The van der Waals surface area contributed by atoms with Crippen molar-refractivity contribution in [2.75, 3.05) is 0 Å². The van der Waals surface area contributed by atoms with Crippen molar-refractivity contribution in [3.8, 4) is 5.75 Å². The Balaban J connectivity index is 1.59. The van der Waals surface area contributed by atoms with Crippen LogP contribution in [-0.2, 0) is 0 Å². The maximum absolute atomic E-state index is 11.8. The minimum atomic E-state index is -0.384. The van der Waals surface area contributed by atoms with Crippen LogP contribution in [0.3, 0.4) is 0 Å². The van der Waals surface area contributed by atoms with Crippen LogP contribution >= 0.6 is 0 Å². The number of phenolic OH excluding ortho intramolecular Hbond substituents is 1. The van der Waals surface area contributed by atoms with Gasteiger partial charge in [-0.05, 0) is 42.7 Å². The van der Waals surface area contributed by atoms with Gasteiger partial charge in [0.2, 0.25) is 0 Å². The molecule has 1 aromatic heterocycles. The number of nitrogens with zero attached hydrogens (tertiary/aromatic N) is 1. The van der Waals surface area contributed by atoms with Crippen LogP contribution in [0.1, 0.15) is 41.1 Å². The van der Waals surface area contributed by atoms with Gasteiger partial charge in [0, 0.05) is 11.5 Å². The monoisotopic (exact) mass is 284 g/mol. The highest BCUT2D eigenvalue weighted by Gasteiger charge is 2.36. The molecule has 5 heteroatoms. The molecule has 2 aromatic rings. The van der Waals surface area contributed by atoms with Gasteiger partial charge in [0.25, 0.3) is 5.91 Å². The summed E-state index contributed by atoms with van der Waals surface area (Å²) in [5.74, 6) is 2.45. The number of furan rings is 1. The second-order valence-corrected chi connectivity index (χ2v) is 5.31. The number of hydrogen-bond donors (Lipinski definition) is 2. The number of nitrogens with one attached hydrogen (secondary N) is 1. The maximum Gasteiger partial charge on any atom is 0.271 e. The number of amides is 1. The standard InChI is InChI=1S/C16H16N2O3/c1-10-7-14(10)15-6-5-13(21-15)9-17-18-16(20)11-3-2-4-12(19)8-11/h2-6,8-10,14,19H,7H2,1H3,(H,18,20)/b17-9-/t10-,14+/m0/s1. The molecule has 1 aliphatic carbocycles. The molecule has 1 aromatic carbocycles. The van der Waals surface area contributed by atoms with E-state index in [0.29, 0.717) is 23.2 Å². The molecule has 21 heavy (non-hydrogen) atoms. The molecule has 0 radical (unpaired) electrons. The van der Waals surface area contributed by atoms with Crippen LogP contribution in [0, 0.1) is 5.92 Å². The predicted octanol–water partition coefficient (Wildman–Crippen LogP) is 2.87. The van der Waals surface area contributed by atoms with Gasteiger partial charge in [-0.15, -0.1) is 0 Å². The van der Waals surface area contributed by atoms with Gasteiger partial charge >= 0.3 is 0 Å². The number of aromatic hydroxyl groups is 1. The van der Waals surface area contributed by atoms with Crippen molar-refractivity contribution in [1.82, 2.24) is 5.43 Å². The SMILES string of the molecule is C[C@H]1C[C@H]1c1ccc(/C=N\NC(=O)c2cccc(O)c2)o1. The van der Waals surface area contributed by atoms with Gasteiger partial charge in [-0.25, -0.2) is 5.43 Å². The molecular weight excluding hydrogens is 268 g/mol. The summed E-state index contributed by atoms with van der Waals surface area (Å²) in [5, 5.41) is 13.2. The Morgan fingerprint density at radius 2 is 2.24 bits per heavy atom. The summed E-state index contributed by atoms with van der Waals surface area (Å²) in [6, 6.07) is 9.87. The highest BCUT2D eigenvalue weighted by atomic mass is 16.3. The van der Waals surface area contributed by atoms with Crippen molar-refractivity contribution in [2.45, 2.75) is 19.3 Å². The van der Waals surface area contributed by atoms with Gasteiger partial charge in [-0.3, -0.25) is 4.79 Å². The third-order valence-corrected chi connectivity index (χ3v) is 3.59. The highest BCUT2D eigenvalue weighted by Crippen LogP contribution is 2.47. The van der Waals surface area contributed by atoms with Crippen LogP contribution in [-0.4, -0.2) is 17.2 Å². The van der Waals surface area contributed by atoms with E-state index in [1.165, 1.54) is 24.8 Å². The van der Waals surface area contributed by atoms with Crippen molar-refractivity contribution in [3.63, 3.8) is 0 Å². The molecule has 1 aliphatic rings. The molecule has 2 N–H and O–H groups in total. The summed E-state index contributed by atoms with van der Waals surface area (Å²) in [6.45, 7) is 2.19. The lowest BCUT2D eigenvalue weighted by atomic mass is 10.2. The number of hydrazone groups is 1. The Morgan fingerprint density at radius 3 is 2.95 bits per heavy atom. The van der Waals surface area contributed by atoms with E-state index in [1.54, 1.807) is 12.1 Å². The number of phenols is 1. The number of benzene rings is 1. The summed E-state index contributed by atoms with van der Waals surface area (Å²) in [6.07, 6.45) is 2.63. The van der Waals surface area contributed by atoms with Crippen LogP contribution in [0.25, 0.3) is 0 Å². The zero-order valence-corrected chi connectivity index (χ0v) is 11.6. The first-order chi connectivity index (χ1) is 10.1. The highest BCUT2D eigenvalue weighted by molar-refractivity contribution is 5.95. The van der Waals surface area contributed by atoms with E-state index in [9.17, 15) is 9.90 Å². The van der Waals surface area contributed by atoms with E-state index >= 15 is 0 Å². The Hall–Kier alpha value is -2.56. The van der Waals surface area contributed by atoms with E-state index in [1.807, 2.05) is 12.1 Å². The first-order valence-corrected chi connectivity index (χ1v) is 6.85. The summed E-state index contributed by atoms with van der Waals surface area (Å²) >= 11 is 0. The minimum Gasteiger partial charge on any atom is -0.508 e. The van der Waals surface area contributed by atoms with Crippen LogP contribution in [0.5, 0.6) is 5.75 Å². The van der Waals surface area contributed by atoms with Gasteiger partial charge in [0.15, 0.2) is 0 Å². The number of hydrogen-bond acceptors (Lipinski definition) is 4. The molecule has 1 heterocycles. The van der Waals surface area contributed by atoms with Gasteiger partial charge < -0.3 is 9.52 Å². The molecule has 1 amide bonds. The molecule has 0 bridgehead atoms. The minimum absolute atomic E-state index is 0.0425. The van der Waals surface area contributed by atoms with Gasteiger partial charge in [0.1, 0.15) is 17.3 Å². The normalized spacial score (nSPS) is 20.6. The number of carbonyl (C=O) groups is 1. The zero-order chi connectivity index (χ0) is 14.8. The fourth-order valence-electron chi connectivity index (χ4n) is 2.22. The average Bonchev–Trinajstić information content (AvgIpc) is 3.01. The Bertz CT molecular complexity index is 690. The van der Waals surface area contributed by atoms with Crippen molar-refractivity contribution in [2.24, 2.45) is 11.0 Å². The van der Waals surface area contributed by atoms with Crippen molar-refractivity contribution >= 4 is 12.1 Å². The summed E-state index contributed by atoms with van der Waals surface area (Å²) in [4.78, 5) is 11.8. The molecule has 5 nitrogen and oxygen atoms in total. The molecule has 1 saturated carbocycles. The largest absolute Gasteiger partial charge is 0.508 e. The van der Waals surface area contributed by atoms with Gasteiger partial charge in [-0.2, -0.15) is 5.10 Å². The smallest absolute Gasteiger partial charge is 0.271 e. The van der Waals surface area contributed by atoms with Crippen LogP contribution in [0.2, 0.25) is 0 Å². The lowest BCUT2D eigenvalue weighted by Crippen LogP contribution is -2.17. The molecule has 3 rings (SSSR count). The maximum atomic E-state index is 11.8. The Kier molecular flexibility index (Phi) is 3.48. The van der Waals surface area contributed by atoms with Crippen molar-refractivity contribution in [1.29, 1.82) is 0 Å². The molecule has 0 spiro atoms. The first-order valence-electron chi connectivity index (χ1n) is 6.85. The molecule has 108 valence electrons. The van der Waals surface area contributed by atoms with Gasteiger partial charge in [0.05, 0.1) is 6.21 Å². The first kappa shape index (κ1) is 13.4. The van der Waals surface area contributed by atoms with Crippen molar-refractivity contribution < 1.29 is 14.3 Å². The second kappa shape index (κ2) is 5.44. The molecule has 1 fully saturated rings. The molecule has 2 atom stereocenters. The quantitative estimate of drug-likeness (QED) is 0.669. The average molecular weight is 284 g/mol. The van der Waals surface area contributed by atoms with Gasteiger partial charge in [-0.1, -0.05) is 13.0 Å². The van der Waals surface area contributed by atoms with Crippen LogP contribution in [0.15, 0.2) is 45.9 Å².